The molecule has 1 aromatic rings. The predicted octanol–water partition coefficient (Wildman–Crippen LogP) is 1.57. The Morgan fingerprint density at radius 1 is 1.70 bits per heavy atom. The van der Waals surface area contributed by atoms with Crippen molar-refractivity contribution in [2.75, 3.05) is 20.2 Å². The van der Waals surface area contributed by atoms with Gasteiger partial charge in [-0.3, -0.25) is 9.69 Å². The molecule has 1 aliphatic rings. The lowest BCUT2D eigenvalue weighted by Gasteiger charge is -2.23. The molecule has 20 heavy (non-hydrogen) atoms. The summed E-state index contributed by atoms with van der Waals surface area (Å²) in [6.45, 7) is 6.11. The summed E-state index contributed by atoms with van der Waals surface area (Å²) in [5.41, 5.74) is 0. The van der Waals surface area contributed by atoms with Gasteiger partial charge in [-0.2, -0.15) is 0 Å². The SMILES string of the molecule is Cc1ncc(CN(C)[C@@H](C)C(=O)NC[C@@H]2CCCO2)s1. The molecule has 1 aromatic heterocycles. The molecule has 6 heteroatoms. The average Bonchev–Trinajstić information content (AvgIpc) is 3.06. The van der Waals surface area contributed by atoms with Crippen molar-refractivity contribution in [2.45, 2.75) is 45.4 Å². The molecule has 1 amide bonds. The van der Waals surface area contributed by atoms with E-state index in [-0.39, 0.29) is 18.1 Å². The zero-order chi connectivity index (χ0) is 14.5. The lowest BCUT2D eigenvalue weighted by Crippen LogP contribution is -2.44. The first-order valence-corrected chi connectivity index (χ1v) is 7.88. The molecular weight excluding hydrogens is 274 g/mol. The summed E-state index contributed by atoms with van der Waals surface area (Å²) in [7, 11) is 1.96. The van der Waals surface area contributed by atoms with E-state index >= 15 is 0 Å². The third kappa shape index (κ3) is 4.26. The fraction of sp³-hybridized carbons (Fsp3) is 0.714. The Hall–Kier alpha value is -0.980. The molecule has 112 valence electrons. The molecular formula is C14H23N3O2S. The van der Waals surface area contributed by atoms with E-state index in [0.717, 1.165) is 31.0 Å². The normalized spacial score (nSPS) is 20.3. The van der Waals surface area contributed by atoms with Gasteiger partial charge in [0.25, 0.3) is 0 Å². The number of aromatic nitrogens is 1. The van der Waals surface area contributed by atoms with Crippen molar-refractivity contribution < 1.29 is 9.53 Å². The quantitative estimate of drug-likeness (QED) is 0.866. The molecule has 0 radical (unpaired) electrons. The molecule has 0 aromatic carbocycles. The minimum absolute atomic E-state index is 0.0595. The van der Waals surface area contributed by atoms with Gasteiger partial charge in [0, 0.05) is 30.8 Å². The topological polar surface area (TPSA) is 54.5 Å². The molecule has 2 atom stereocenters. The van der Waals surface area contributed by atoms with Crippen molar-refractivity contribution in [2.24, 2.45) is 0 Å². The van der Waals surface area contributed by atoms with Gasteiger partial charge in [-0.25, -0.2) is 4.98 Å². The van der Waals surface area contributed by atoms with Crippen LogP contribution < -0.4 is 5.32 Å². The number of hydrogen-bond acceptors (Lipinski definition) is 5. The Bertz CT molecular complexity index is 443. The molecule has 5 nitrogen and oxygen atoms in total. The number of likely N-dealkylation sites (N-methyl/N-ethyl adjacent to an activating group) is 1. The molecule has 0 spiro atoms. The van der Waals surface area contributed by atoms with E-state index in [2.05, 4.69) is 10.3 Å². The highest BCUT2D eigenvalue weighted by atomic mass is 32.1. The number of carbonyl (C=O) groups is 1. The second-order valence-corrected chi connectivity index (χ2v) is 6.64. The van der Waals surface area contributed by atoms with E-state index in [1.54, 1.807) is 11.3 Å². The minimum Gasteiger partial charge on any atom is -0.376 e. The van der Waals surface area contributed by atoms with Crippen LogP contribution in [0.1, 0.15) is 29.7 Å². The van der Waals surface area contributed by atoms with E-state index < -0.39 is 0 Å². The number of hydrogen-bond donors (Lipinski definition) is 1. The van der Waals surface area contributed by atoms with Gasteiger partial charge in [0.15, 0.2) is 0 Å². The van der Waals surface area contributed by atoms with Gasteiger partial charge in [0.05, 0.1) is 17.2 Å². The van der Waals surface area contributed by atoms with Gasteiger partial charge < -0.3 is 10.1 Å². The number of carbonyl (C=O) groups excluding carboxylic acids is 1. The van der Waals surface area contributed by atoms with Crippen LogP contribution in [0.5, 0.6) is 0 Å². The number of amides is 1. The number of nitrogens with zero attached hydrogens (tertiary/aromatic N) is 2. The number of ether oxygens (including phenoxy) is 1. The van der Waals surface area contributed by atoms with Crippen LogP contribution in [0.3, 0.4) is 0 Å². The lowest BCUT2D eigenvalue weighted by atomic mass is 10.2. The van der Waals surface area contributed by atoms with E-state index in [1.807, 2.05) is 32.0 Å². The molecule has 0 bridgehead atoms. The average molecular weight is 297 g/mol. The van der Waals surface area contributed by atoms with Gasteiger partial charge >= 0.3 is 0 Å². The van der Waals surface area contributed by atoms with Crippen LogP contribution in [0, 0.1) is 6.92 Å². The summed E-state index contributed by atoms with van der Waals surface area (Å²) < 4.78 is 5.51. The van der Waals surface area contributed by atoms with Gasteiger partial charge in [-0.15, -0.1) is 11.3 Å². The van der Waals surface area contributed by atoms with E-state index in [1.165, 1.54) is 4.88 Å². The van der Waals surface area contributed by atoms with E-state index in [9.17, 15) is 4.79 Å². The van der Waals surface area contributed by atoms with Crippen molar-refractivity contribution in [3.05, 3.63) is 16.1 Å². The molecule has 1 fully saturated rings. The fourth-order valence-electron chi connectivity index (χ4n) is 2.23. The Labute approximate surface area is 124 Å². The van der Waals surface area contributed by atoms with Gasteiger partial charge in [-0.1, -0.05) is 0 Å². The second kappa shape index (κ2) is 7.15. The molecule has 1 saturated heterocycles. The van der Waals surface area contributed by atoms with Gasteiger partial charge in [-0.05, 0) is 33.7 Å². The molecule has 2 rings (SSSR count). The van der Waals surface area contributed by atoms with Crippen molar-refractivity contribution in [3.63, 3.8) is 0 Å². The second-order valence-electron chi connectivity index (χ2n) is 5.32. The first kappa shape index (κ1) is 15.4. The third-order valence-corrected chi connectivity index (χ3v) is 4.54. The van der Waals surface area contributed by atoms with Gasteiger partial charge in [0.1, 0.15) is 0 Å². The summed E-state index contributed by atoms with van der Waals surface area (Å²) in [6.07, 6.45) is 4.22. The summed E-state index contributed by atoms with van der Waals surface area (Å²) >= 11 is 1.67. The van der Waals surface area contributed by atoms with Crippen molar-refractivity contribution in [1.29, 1.82) is 0 Å². The van der Waals surface area contributed by atoms with Crippen LogP contribution in [0.25, 0.3) is 0 Å². The monoisotopic (exact) mass is 297 g/mol. The summed E-state index contributed by atoms with van der Waals surface area (Å²) in [5, 5.41) is 4.04. The van der Waals surface area contributed by atoms with Gasteiger partial charge in [0.2, 0.25) is 5.91 Å². The van der Waals surface area contributed by atoms with Crippen LogP contribution in [-0.4, -0.2) is 48.1 Å². The first-order chi connectivity index (χ1) is 9.56. The Morgan fingerprint density at radius 2 is 2.50 bits per heavy atom. The Kier molecular flexibility index (Phi) is 5.51. The van der Waals surface area contributed by atoms with Crippen molar-refractivity contribution in [3.8, 4) is 0 Å². The lowest BCUT2D eigenvalue weighted by molar-refractivity contribution is -0.126. The zero-order valence-corrected chi connectivity index (χ0v) is 13.2. The molecule has 0 aliphatic carbocycles. The molecule has 0 unspecified atom stereocenters. The molecule has 1 aliphatic heterocycles. The highest BCUT2D eigenvalue weighted by Crippen LogP contribution is 2.15. The molecule has 2 heterocycles. The number of rotatable bonds is 6. The smallest absolute Gasteiger partial charge is 0.237 e. The fourth-order valence-corrected chi connectivity index (χ4v) is 3.09. The maximum atomic E-state index is 12.1. The Balaban J connectivity index is 1.76. The minimum atomic E-state index is -0.154. The van der Waals surface area contributed by atoms with Crippen molar-refractivity contribution >= 4 is 17.2 Å². The maximum Gasteiger partial charge on any atom is 0.237 e. The summed E-state index contributed by atoms with van der Waals surface area (Å²) in [5.74, 6) is 0.0595. The first-order valence-electron chi connectivity index (χ1n) is 7.07. The highest BCUT2D eigenvalue weighted by molar-refractivity contribution is 7.11. The third-order valence-electron chi connectivity index (χ3n) is 3.64. The largest absolute Gasteiger partial charge is 0.376 e. The van der Waals surface area contributed by atoms with E-state index in [4.69, 9.17) is 4.74 Å². The zero-order valence-electron chi connectivity index (χ0n) is 12.4. The molecule has 0 saturated carbocycles. The summed E-state index contributed by atoms with van der Waals surface area (Å²) in [6, 6.07) is -0.154. The standard InChI is InChI=1S/C14H23N3O2S/c1-10(14(18)16-7-12-5-4-6-19-12)17(3)9-13-8-15-11(2)20-13/h8,10,12H,4-7,9H2,1-3H3,(H,16,18)/t10-,12-/m0/s1. The van der Waals surface area contributed by atoms with Crippen LogP contribution in [-0.2, 0) is 16.1 Å². The van der Waals surface area contributed by atoms with Crippen LogP contribution in [0.2, 0.25) is 0 Å². The number of nitrogens with one attached hydrogen (secondary N) is 1. The maximum absolute atomic E-state index is 12.1. The molecule has 1 N–H and O–H groups in total. The predicted molar refractivity (Wildman–Crippen MR) is 79.8 cm³/mol. The van der Waals surface area contributed by atoms with Crippen molar-refractivity contribution in [1.82, 2.24) is 15.2 Å². The van der Waals surface area contributed by atoms with E-state index in [0.29, 0.717) is 6.54 Å². The van der Waals surface area contributed by atoms with Crippen LogP contribution in [0.15, 0.2) is 6.20 Å². The number of aryl methyl sites for hydroxylation is 1. The number of thiazole rings is 1. The summed E-state index contributed by atoms with van der Waals surface area (Å²) in [4.78, 5) is 19.6. The van der Waals surface area contributed by atoms with Crippen LogP contribution >= 0.6 is 11.3 Å². The highest BCUT2D eigenvalue weighted by Gasteiger charge is 2.21. The Morgan fingerprint density at radius 3 is 3.10 bits per heavy atom. The van der Waals surface area contributed by atoms with Crippen LogP contribution in [0.4, 0.5) is 0 Å².